The van der Waals surface area contributed by atoms with Gasteiger partial charge in [0.05, 0.1) is 11.4 Å². The van der Waals surface area contributed by atoms with Crippen LogP contribution in [-0.4, -0.2) is 41.7 Å². The summed E-state index contributed by atoms with van der Waals surface area (Å²) >= 11 is 0. The van der Waals surface area contributed by atoms with E-state index in [1.54, 1.807) is 36.8 Å². The summed E-state index contributed by atoms with van der Waals surface area (Å²) in [6.45, 7) is 0.965. The minimum absolute atomic E-state index is 0.0858. The van der Waals surface area contributed by atoms with Crippen LogP contribution in [0.15, 0.2) is 66.0 Å². The number of sulfonamides is 1. The van der Waals surface area contributed by atoms with E-state index < -0.39 is 10.0 Å². The zero-order valence-corrected chi connectivity index (χ0v) is 17.9. The fraction of sp³-hybridized carbons (Fsp3) is 0.348. The lowest BCUT2D eigenvalue weighted by molar-refractivity contribution is -0.129. The number of rotatable bonds is 5. The highest BCUT2D eigenvalue weighted by Gasteiger charge is 2.55. The van der Waals surface area contributed by atoms with Gasteiger partial charge < -0.3 is 5.32 Å². The number of para-hydroxylation sites is 1. The molecular weight excluding hydrogens is 412 g/mol. The Morgan fingerprint density at radius 2 is 1.94 bits per heavy atom. The van der Waals surface area contributed by atoms with Gasteiger partial charge in [0.25, 0.3) is 0 Å². The molecule has 1 N–H and O–H groups in total. The molecule has 160 valence electrons. The molecule has 8 heteroatoms. The van der Waals surface area contributed by atoms with Crippen LogP contribution in [0.2, 0.25) is 0 Å². The van der Waals surface area contributed by atoms with Gasteiger partial charge in [0.15, 0.2) is 0 Å². The summed E-state index contributed by atoms with van der Waals surface area (Å²) in [5.74, 6) is -0.437. The van der Waals surface area contributed by atoms with Crippen LogP contribution in [-0.2, 0) is 21.4 Å². The van der Waals surface area contributed by atoms with E-state index in [0.29, 0.717) is 18.6 Å². The van der Waals surface area contributed by atoms with Crippen molar-refractivity contribution in [2.45, 2.75) is 30.7 Å². The summed E-state index contributed by atoms with van der Waals surface area (Å²) in [5, 5.41) is 3.78. The van der Waals surface area contributed by atoms with Crippen molar-refractivity contribution in [1.82, 2.24) is 19.6 Å². The highest BCUT2D eigenvalue weighted by Crippen LogP contribution is 2.52. The number of carbonyl (C=O) groups is 1. The zero-order valence-electron chi connectivity index (χ0n) is 17.1. The average molecular weight is 437 g/mol. The largest absolute Gasteiger partial charge is 0.352 e. The third-order valence-electron chi connectivity index (χ3n) is 6.69. The number of fused-ring (bicyclic) bond motifs is 1. The van der Waals surface area contributed by atoms with Crippen molar-refractivity contribution in [3.8, 4) is 0 Å². The Kier molecular flexibility index (Phi) is 4.98. The minimum atomic E-state index is -3.77. The van der Waals surface area contributed by atoms with Crippen LogP contribution < -0.4 is 5.32 Å². The highest BCUT2D eigenvalue weighted by molar-refractivity contribution is 7.89. The molecule has 2 fully saturated rings. The van der Waals surface area contributed by atoms with Gasteiger partial charge in [-0.1, -0.05) is 30.7 Å². The number of amides is 1. The lowest BCUT2D eigenvalue weighted by Crippen LogP contribution is -2.45. The SMILES string of the molecule is O=C(NCc1cccnc1)C1CN(S(=O)(=O)c2cccc3cccnc23)CC12CCC2. The van der Waals surface area contributed by atoms with Crippen LogP contribution in [0.5, 0.6) is 0 Å². The maximum atomic E-state index is 13.6. The van der Waals surface area contributed by atoms with Crippen LogP contribution in [0, 0.1) is 11.3 Å². The third-order valence-corrected chi connectivity index (χ3v) is 8.53. The summed E-state index contributed by atoms with van der Waals surface area (Å²) in [4.78, 5) is 21.7. The van der Waals surface area contributed by atoms with E-state index in [0.717, 1.165) is 30.2 Å². The summed E-state index contributed by atoms with van der Waals surface area (Å²) < 4.78 is 28.6. The first kappa shape index (κ1) is 20.1. The number of hydrogen-bond donors (Lipinski definition) is 1. The summed E-state index contributed by atoms with van der Waals surface area (Å²) in [6.07, 6.45) is 7.79. The molecule has 0 bridgehead atoms. The maximum Gasteiger partial charge on any atom is 0.245 e. The van der Waals surface area contributed by atoms with E-state index in [9.17, 15) is 13.2 Å². The monoisotopic (exact) mass is 436 g/mol. The topological polar surface area (TPSA) is 92.3 Å². The number of carbonyl (C=O) groups excluding carboxylic acids is 1. The van der Waals surface area contributed by atoms with Crippen molar-refractivity contribution >= 4 is 26.8 Å². The molecule has 1 amide bonds. The Labute approximate surface area is 181 Å². The fourth-order valence-electron chi connectivity index (χ4n) is 4.84. The molecule has 0 radical (unpaired) electrons. The first-order chi connectivity index (χ1) is 15.0. The summed E-state index contributed by atoms with van der Waals surface area (Å²) in [7, 11) is -3.77. The van der Waals surface area contributed by atoms with Crippen molar-refractivity contribution in [3.05, 3.63) is 66.6 Å². The summed E-state index contributed by atoms with van der Waals surface area (Å²) in [6, 6.07) is 12.6. The molecule has 1 saturated carbocycles. The molecule has 1 atom stereocenters. The summed E-state index contributed by atoms with van der Waals surface area (Å²) in [5.41, 5.74) is 1.12. The van der Waals surface area contributed by atoms with Gasteiger partial charge in [-0.25, -0.2) is 8.42 Å². The quantitative estimate of drug-likeness (QED) is 0.664. The zero-order chi connectivity index (χ0) is 21.5. The van der Waals surface area contributed by atoms with Crippen LogP contribution in [0.4, 0.5) is 0 Å². The second kappa shape index (κ2) is 7.69. The van der Waals surface area contributed by atoms with Crippen molar-refractivity contribution in [2.75, 3.05) is 13.1 Å². The van der Waals surface area contributed by atoms with E-state index in [4.69, 9.17) is 0 Å². The molecule has 1 spiro atoms. The average Bonchev–Trinajstić information content (AvgIpc) is 3.20. The van der Waals surface area contributed by atoms with E-state index in [2.05, 4.69) is 15.3 Å². The van der Waals surface area contributed by atoms with E-state index >= 15 is 0 Å². The van der Waals surface area contributed by atoms with Crippen molar-refractivity contribution < 1.29 is 13.2 Å². The number of nitrogens with one attached hydrogen (secondary N) is 1. The number of aromatic nitrogens is 2. The Morgan fingerprint density at radius 3 is 2.68 bits per heavy atom. The predicted octanol–water partition coefficient (Wildman–Crippen LogP) is 2.74. The second-order valence-electron chi connectivity index (χ2n) is 8.48. The Balaban J connectivity index is 1.40. The fourth-order valence-corrected chi connectivity index (χ4v) is 6.56. The van der Waals surface area contributed by atoms with Gasteiger partial charge in [0.2, 0.25) is 15.9 Å². The van der Waals surface area contributed by atoms with E-state index in [1.165, 1.54) is 4.31 Å². The third kappa shape index (κ3) is 3.49. The van der Waals surface area contributed by atoms with Crippen LogP contribution >= 0.6 is 0 Å². The number of hydrogen-bond acceptors (Lipinski definition) is 5. The van der Waals surface area contributed by atoms with Crippen molar-refractivity contribution in [2.24, 2.45) is 11.3 Å². The molecule has 3 heterocycles. The van der Waals surface area contributed by atoms with Gasteiger partial charge >= 0.3 is 0 Å². The first-order valence-electron chi connectivity index (χ1n) is 10.5. The van der Waals surface area contributed by atoms with Crippen molar-refractivity contribution in [1.29, 1.82) is 0 Å². The van der Waals surface area contributed by atoms with Crippen LogP contribution in [0.3, 0.4) is 0 Å². The van der Waals surface area contributed by atoms with Gasteiger partial charge in [0, 0.05) is 43.6 Å². The smallest absolute Gasteiger partial charge is 0.245 e. The highest BCUT2D eigenvalue weighted by atomic mass is 32.2. The molecule has 1 saturated heterocycles. The number of benzene rings is 1. The lowest BCUT2D eigenvalue weighted by Gasteiger charge is -2.42. The predicted molar refractivity (Wildman–Crippen MR) is 116 cm³/mol. The normalized spacial score (nSPS) is 20.6. The number of nitrogens with zero attached hydrogens (tertiary/aromatic N) is 3. The second-order valence-corrected chi connectivity index (χ2v) is 10.4. The van der Waals surface area contributed by atoms with Gasteiger partial charge in [-0.3, -0.25) is 14.8 Å². The molecular formula is C23H24N4O3S. The molecule has 1 unspecified atom stereocenters. The molecule has 2 aliphatic rings. The molecule has 31 heavy (non-hydrogen) atoms. The molecule has 1 aromatic carbocycles. The molecule has 1 aliphatic heterocycles. The van der Waals surface area contributed by atoms with Gasteiger partial charge in [-0.2, -0.15) is 4.31 Å². The molecule has 1 aliphatic carbocycles. The Bertz CT molecular complexity index is 1220. The molecule has 5 rings (SSSR count). The Morgan fingerprint density at radius 1 is 1.13 bits per heavy atom. The first-order valence-corrected chi connectivity index (χ1v) is 11.9. The molecule has 3 aromatic rings. The lowest BCUT2D eigenvalue weighted by atomic mass is 9.62. The molecule has 2 aromatic heterocycles. The van der Waals surface area contributed by atoms with Crippen molar-refractivity contribution in [3.63, 3.8) is 0 Å². The minimum Gasteiger partial charge on any atom is -0.352 e. The van der Waals surface area contributed by atoms with Gasteiger partial charge in [0.1, 0.15) is 4.90 Å². The van der Waals surface area contributed by atoms with Gasteiger partial charge in [-0.15, -0.1) is 0 Å². The van der Waals surface area contributed by atoms with Crippen LogP contribution in [0.1, 0.15) is 24.8 Å². The number of pyridine rings is 2. The Hall–Kier alpha value is -2.84. The molecule has 7 nitrogen and oxygen atoms in total. The van der Waals surface area contributed by atoms with E-state index in [1.807, 2.05) is 24.3 Å². The standard InChI is InChI=1S/C23H24N4O3S/c28-22(26-14-17-5-2-11-24-13-17)19-15-27(16-23(19)9-4-10-23)31(29,30)20-8-1-6-18-7-3-12-25-21(18)20/h1-3,5-8,11-13,19H,4,9-10,14-16H2,(H,26,28). The van der Waals surface area contributed by atoms with Crippen LogP contribution in [0.25, 0.3) is 10.9 Å². The van der Waals surface area contributed by atoms with E-state index in [-0.39, 0.29) is 28.7 Å². The van der Waals surface area contributed by atoms with Gasteiger partial charge in [-0.05, 0) is 42.0 Å². The maximum absolute atomic E-state index is 13.6.